The average molecular weight is 390 g/mol. The minimum Gasteiger partial charge on any atom is -0.353 e. The molecule has 0 radical (unpaired) electrons. The average Bonchev–Trinajstić information content (AvgIpc) is 2.58. The molecular formula is C17H20BrN5O. The number of benzene rings is 1. The number of nitrogens with zero attached hydrogens (tertiary/aromatic N) is 4. The van der Waals surface area contributed by atoms with Crippen LogP contribution in [0.4, 0.5) is 17.5 Å². The van der Waals surface area contributed by atoms with Crippen LogP contribution < -0.4 is 10.2 Å². The van der Waals surface area contributed by atoms with E-state index in [-0.39, 0.29) is 5.91 Å². The van der Waals surface area contributed by atoms with Crippen LogP contribution in [-0.2, 0) is 4.79 Å². The third-order valence-electron chi connectivity index (χ3n) is 4.12. The summed E-state index contributed by atoms with van der Waals surface area (Å²) in [6.45, 7) is 6.68. The lowest BCUT2D eigenvalue weighted by Gasteiger charge is -2.34. The highest BCUT2D eigenvalue weighted by atomic mass is 79.9. The maximum Gasteiger partial charge on any atom is 0.229 e. The molecule has 0 aliphatic carbocycles. The zero-order valence-corrected chi connectivity index (χ0v) is 15.4. The van der Waals surface area contributed by atoms with E-state index >= 15 is 0 Å². The normalized spacial score (nSPS) is 14.6. The molecule has 1 aliphatic rings. The monoisotopic (exact) mass is 389 g/mol. The number of aromatic nitrogens is 2. The topological polar surface area (TPSA) is 61.4 Å². The summed E-state index contributed by atoms with van der Waals surface area (Å²) >= 11 is 3.47. The van der Waals surface area contributed by atoms with Gasteiger partial charge in [0.05, 0.1) is 0 Å². The van der Waals surface area contributed by atoms with Gasteiger partial charge in [-0.3, -0.25) is 4.79 Å². The van der Waals surface area contributed by atoms with Crippen LogP contribution in [0, 0.1) is 6.92 Å². The molecule has 2 heterocycles. The van der Waals surface area contributed by atoms with Gasteiger partial charge >= 0.3 is 0 Å². The lowest BCUT2D eigenvalue weighted by Crippen LogP contribution is -2.48. The van der Waals surface area contributed by atoms with Crippen molar-refractivity contribution < 1.29 is 4.79 Å². The molecule has 1 aliphatic heterocycles. The van der Waals surface area contributed by atoms with E-state index < -0.39 is 0 Å². The van der Waals surface area contributed by atoms with Crippen molar-refractivity contribution in [3.63, 3.8) is 0 Å². The first kappa shape index (κ1) is 16.7. The third kappa shape index (κ3) is 3.84. The van der Waals surface area contributed by atoms with Gasteiger partial charge in [-0.05, 0) is 36.8 Å². The first-order valence-corrected chi connectivity index (χ1v) is 8.69. The Bertz CT molecular complexity index is 744. The highest BCUT2D eigenvalue weighted by Gasteiger charge is 2.19. The summed E-state index contributed by atoms with van der Waals surface area (Å²) in [5, 5.41) is 3.27. The molecule has 0 saturated carbocycles. The standard InChI is InChI=1S/C17H20BrN5O/c1-12-11-14(18)3-4-15(12)20-17-19-6-5-16(21-17)23-9-7-22(8-10-23)13(2)24/h3-6,11H,7-10H2,1-2H3,(H,19,20,21). The molecule has 1 saturated heterocycles. The first-order chi connectivity index (χ1) is 11.5. The fourth-order valence-electron chi connectivity index (χ4n) is 2.72. The molecular weight excluding hydrogens is 370 g/mol. The molecule has 0 unspecified atom stereocenters. The summed E-state index contributed by atoms with van der Waals surface area (Å²) in [6, 6.07) is 7.94. The lowest BCUT2D eigenvalue weighted by atomic mass is 10.2. The molecule has 126 valence electrons. The van der Waals surface area contributed by atoms with Crippen molar-refractivity contribution in [3.8, 4) is 0 Å². The van der Waals surface area contributed by atoms with Crippen molar-refractivity contribution in [3.05, 3.63) is 40.5 Å². The predicted octanol–water partition coefficient (Wildman–Crippen LogP) is 2.96. The largest absolute Gasteiger partial charge is 0.353 e. The molecule has 24 heavy (non-hydrogen) atoms. The van der Waals surface area contributed by atoms with Crippen LogP contribution in [0.3, 0.4) is 0 Å². The number of hydrogen-bond acceptors (Lipinski definition) is 5. The van der Waals surface area contributed by atoms with E-state index in [1.165, 1.54) is 0 Å². The van der Waals surface area contributed by atoms with Crippen molar-refractivity contribution in [2.45, 2.75) is 13.8 Å². The van der Waals surface area contributed by atoms with Gasteiger partial charge < -0.3 is 15.1 Å². The van der Waals surface area contributed by atoms with Crippen molar-refractivity contribution in [2.24, 2.45) is 0 Å². The first-order valence-electron chi connectivity index (χ1n) is 7.89. The Morgan fingerprint density at radius 3 is 2.62 bits per heavy atom. The van der Waals surface area contributed by atoms with E-state index in [9.17, 15) is 4.79 Å². The van der Waals surface area contributed by atoms with E-state index in [4.69, 9.17) is 0 Å². The summed E-state index contributed by atoms with van der Waals surface area (Å²) in [5.74, 6) is 1.59. The van der Waals surface area contributed by atoms with Crippen molar-refractivity contribution in [2.75, 3.05) is 36.4 Å². The molecule has 7 heteroatoms. The van der Waals surface area contributed by atoms with Gasteiger partial charge in [0.15, 0.2) is 0 Å². The molecule has 6 nitrogen and oxygen atoms in total. The molecule has 0 spiro atoms. The zero-order valence-electron chi connectivity index (χ0n) is 13.8. The van der Waals surface area contributed by atoms with Crippen LogP contribution in [0.25, 0.3) is 0 Å². The van der Waals surface area contributed by atoms with Crippen LogP contribution in [0.15, 0.2) is 34.9 Å². The molecule has 1 N–H and O–H groups in total. The number of piperazine rings is 1. The SMILES string of the molecule is CC(=O)N1CCN(c2ccnc(Nc3ccc(Br)cc3C)n2)CC1. The Labute approximate surface area is 150 Å². The van der Waals surface area contributed by atoms with Crippen molar-refractivity contribution >= 4 is 39.3 Å². The summed E-state index contributed by atoms with van der Waals surface area (Å²) in [6.07, 6.45) is 1.76. The highest BCUT2D eigenvalue weighted by Crippen LogP contribution is 2.23. The predicted molar refractivity (Wildman–Crippen MR) is 98.7 cm³/mol. The molecule has 1 fully saturated rings. The van der Waals surface area contributed by atoms with Crippen LogP contribution in [0.1, 0.15) is 12.5 Å². The van der Waals surface area contributed by atoms with Gasteiger partial charge in [-0.15, -0.1) is 0 Å². The zero-order chi connectivity index (χ0) is 17.1. The molecule has 1 amide bonds. The third-order valence-corrected chi connectivity index (χ3v) is 4.62. The smallest absolute Gasteiger partial charge is 0.229 e. The van der Waals surface area contributed by atoms with Crippen LogP contribution in [-0.4, -0.2) is 47.0 Å². The minimum atomic E-state index is 0.130. The van der Waals surface area contributed by atoms with Crippen molar-refractivity contribution in [1.82, 2.24) is 14.9 Å². The molecule has 3 rings (SSSR count). The van der Waals surface area contributed by atoms with Gasteiger partial charge in [0.1, 0.15) is 5.82 Å². The molecule has 2 aromatic rings. The highest BCUT2D eigenvalue weighted by molar-refractivity contribution is 9.10. The number of carbonyl (C=O) groups excluding carboxylic acids is 1. The summed E-state index contributed by atoms with van der Waals surface area (Å²) < 4.78 is 1.04. The number of rotatable bonds is 3. The van der Waals surface area contributed by atoms with Gasteiger partial charge in [-0.1, -0.05) is 15.9 Å². The Balaban J connectivity index is 1.71. The Morgan fingerprint density at radius 2 is 1.96 bits per heavy atom. The Morgan fingerprint density at radius 1 is 1.21 bits per heavy atom. The van der Waals surface area contributed by atoms with Crippen LogP contribution >= 0.6 is 15.9 Å². The fraction of sp³-hybridized carbons (Fsp3) is 0.353. The number of amides is 1. The summed E-state index contributed by atoms with van der Waals surface area (Å²) in [4.78, 5) is 24.4. The second kappa shape index (κ2) is 7.17. The number of hydrogen-bond donors (Lipinski definition) is 1. The quantitative estimate of drug-likeness (QED) is 0.873. The maximum absolute atomic E-state index is 11.4. The lowest BCUT2D eigenvalue weighted by molar-refractivity contribution is -0.129. The van der Waals surface area contributed by atoms with E-state index in [1.54, 1.807) is 13.1 Å². The Hall–Kier alpha value is -2.15. The second-order valence-corrected chi connectivity index (χ2v) is 6.73. The Kier molecular flexibility index (Phi) is 4.99. The molecule has 0 bridgehead atoms. The van der Waals surface area contributed by atoms with Gasteiger partial charge in [0, 0.05) is 49.5 Å². The summed E-state index contributed by atoms with van der Waals surface area (Å²) in [7, 11) is 0. The number of aryl methyl sites for hydroxylation is 1. The van der Waals surface area contributed by atoms with Gasteiger partial charge in [-0.2, -0.15) is 4.98 Å². The minimum absolute atomic E-state index is 0.130. The van der Waals surface area contributed by atoms with Gasteiger partial charge in [0.2, 0.25) is 11.9 Å². The van der Waals surface area contributed by atoms with E-state index in [1.807, 2.05) is 36.1 Å². The molecule has 1 aromatic carbocycles. The van der Waals surface area contributed by atoms with E-state index in [0.717, 1.165) is 47.7 Å². The number of carbonyl (C=O) groups is 1. The molecule has 0 atom stereocenters. The maximum atomic E-state index is 11.4. The van der Waals surface area contributed by atoms with Crippen LogP contribution in [0.5, 0.6) is 0 Å². The second-order valence-electron chi connectivity index (χ2n) is 5.82. The molecule has 1 aromatic heterocycles. The van der Waals surface area contributed by atoms with E-state index in [2.05, 4.69) is 36.1 Å². The van der Waals surface area contributed by atoms with Gasteiger partial charge in [0.25, 0.3) is 0 Å². The van der Waals surface area contributed by atoms with E-state index in [0.29, 0.717) is 5.95 Å². The van der Waals surface area contributed by atoms with Crippen LogP contribution in [0.2, 0.25) is 0 Å². The van der Waals surface area contributed by atoms with Crippen molar-refractivity contribution in [1.29, 1.82) is 0 Å². The fourth-order valence-corrected chi connectivity index (χ4v) is 3.20. The summed E-state index contributed by atoms with van der Waals surface area (Å²) in [5.41, 5.74) is 2.10. The number of halogens is 1. The number of nitrogens with one attached hydrogen (secondary N) is 1. The number of anilines is 3. The van der Waals surface area contributed by atoms with Gasteiger partial charge in [-0.25, -0.2) is 4.98 Å².